The van der Waals surface area contributed by atoms with Crippen molar-refractivity contribution in [3.63, 3.8) is 0 Å². The van der Waals surface area contributed by atoms with Crippen LogP contribution in [-0.2, 0) is 33.3 Å². The van der Waals surface area contributed by atoms with Gasteiger partial charge in [0.25, 0.3) is 0 Å². The molecule has 0 aliphatic carbocycles. The zero-order valence-corrected chi connectivity index (χ0v) is 26.7. The topological polar surface area (TPSA) is 147 Å². The van der Waals surface area contributed by atoms with Crippen LogP contribution in [0.25, 0.3) is 15.8 Å². The van der Waals surface area contributed by atoms with Crippen LogP contribution in [0.15, 0.2) is 60.0 Å². The van der Waals surface area contributed by atoms with Gasteiger partial charge in [-0.1, -0.05) is 24.3 Å². The van der Waals surface area contributed by atoms with E-state index in [1.165, 1.54) is 17.1 Å². The summed E-state index contributed by atoms with van der Waals surface area (Å²) in [6.07, 6.45) is 4.57. The van der Waals surface area contributed by atoms with Gasteiger partial charge in [-0.2, -0.15) is 0 Å². The molecule has 3 heterocycles. The number of hydrogen-bond donors (Lipinski definition) is 1. The molecule has 1 aliphatic heterocycles. The molecule has 1 aliphatic rings. The molecule has 0 amide bonds. The Morgan fingerprint density at radius 3 is 2.44 bits per heavy atom. The second kappa shape index (κ2) is 12.2. The summed E-state index contributed by atoms with van der Waals surface area (Å²) in [5.41, 5.74) is 2.62. The molecule has 0 bridgehead atoms. The fourth-order valence-electron chi connectivity index (χ4n) is 4.38. The largest absolute Gasteiger partial charge is 1.00 e. The first-order valence-corrected chi connectivity index (χ1v) is 15.3. The van der Waals surface area contributed by atoms with Gasteiger partial charge in [0.2, 0.25) is 10.0 Å². The van der Waals surface area contributed by atoms with E-state index in [0.29, 0.717) is 41.7 Å². The van der Waals surface area contributed by atoms with Crippen molar-refractivity contribution < 1.29 is 73.0 Å². The summed E-state index contributed by atoms with van der Waals surface area (Å²) >= 11 is 0. The molecule has 5 rings (SSSR count). The minimum Gasteiger partial charge on any atom is -0.497 e. The fraction of sp³-hybridized carbons (Fsp3) is 0.320. The van der Waals surface area contributed by atoms with Crippen molar-refractivity contribution in [3.8, 4) is 5.75 Å². The van der Waals surface area contributed by atoms with E-state index in [0.717, 1.165) is 5.56 Å². The molecule has 0 atom stereocenters. The summed E-state index contributed by atoms with van der Waals surface area (Å²) in [5.74, 6) is 1.21. The second-order valence-electron chi connectivity index (χ2n) is 9.28. The SMILES string of the molecule is COc1ccc(CC2CCS(=O)(=O)CC2)c(Nc2nc3ccccc3nc2[N-]S(=O)(=O)c2cn(C)cn2)c1.[K+]. The van der Waals surface area contributed by atoms with Crippen LogP contribution in [0.4, 0.5) is 17.3 Å². The first kappa shape index (κ1) is 29.9. The molecule has 4 aromatic rings. The third-order valence-electron chi connectivity index (χ3n) is 6.46. The number of para-hydroxylation sites is 2. The number of imidazole rings is 1. The van der Waals surface area contributed by atoms with Crippen LogP contribution in [0.2, 0.25) is 0 Å². The van der Waals surface area contributed by atoms with Gasteiger partial charge in [0, 0.05) is 25.0 Å². The number of aromatic nitrogens is 4. The van der Waals surface area contributed by atoms with Gasteiger partial charge in [-0.05, 0) is 54.2 Å². The smallest absolute Gasteiger partial charge is 0.497 e. The Balaban J connectivity index is 0.00000353. The van der Waals surface area contributed by atoms with Crippen LogP contribution in [0.5, 0.6) is 5.75 Å². The van der Waals surface area contributed by atoms with Crippen molar-refractivity contribution in [2.75, 3.05) is 23.9 Å². The van der Waals surface area contributed by atoms with Gasteiger partial charge in [-0.15, -0.1) is 0 Å². The Labute approximate surface area is 270 Å². The van der Waals surface area contributed by atoms with Crippen LogP contribution in [0.3, 0.4) is 0 Å². The average Bonchev–Trinajstić information content (AvgIpc) is 3.33. The molecular formula is C25H27KN6O5S2. The van der Waals surface area contributed by atoms with E-state index < -0.39 is 19.9 Å². The standard InChI is InChI=1S/C25H27N6O5S2.K/c1-31-15-23(26-16-31)38(34,35)30-25-24(27-20-5-3-4-6-21(20)28-25)29-22-14-19(36-2)8-7-18(22)13-17-9-11-37(32,33)12-10-17;/h3-8,14-17H,9-13H2,1-2H3,(H-,27,28,29,30);/q-1;+1. The first-order valence-electron chi connectivity index (χ1n) is 12.0. The van der Waals surface area contributed by atoms with Crippen molar-refractivity contribution >= 4 is 48.2 Å². The van der Waals surface area contributed by atoms with Crippen molar-refractivity contribution in [2.45, 2.75) is 24.3 Å². The Bertz CT molecular complexity index is 1700. The molecule has 39 heavy (non-hydrogen) atoms. The van der Waals surface area contributed by atoms with E-state index >= 15 is 0 Å². The maximum Gasteiger partial charge on any atom is 1.00 e. The van der Waals surface area contributed by atoms with Crippen molar-refractivity contribution in [1.29, 1.82) is 0 Å². The Kier molecular flexibility index (Phi) is 9.36. The van der Waals surface area contributed by atoms with E-state index in [2.05, 4.69) is 25.0 Å². The van der Waals surface area contributed by atoms with Crippen LogP contribution in [0, 0.1) is 5.92 Å². The summed E-state index contributed by atoms with van der Waals surface area (Å²) in [7, 11) is -3.91. The van der Waals surface area contributed by atoms with Gasteiger partial charge < -0.3 is 24.3 Å². The minimum absolute atomic E-state index is 0. The first-order chi connectivity index (χ1) is 18.1. The molecule has 1 fully saturated rings. The maximum absolute atomic E-state index is 13.0. The van der Waals surface area contributed by atoms with Crippen molar-refractivity contribution in [2.24, 2.45) is 13.0 Å². The van der Waals surface area contributed by atoms with Crippen molar-refractivity contribution in [3.05, 3.63) is 65.3 Å². The van der Waals surface area contributed by atoms with Crippen LogP contribution < -0.4 is 61.4 Å². The molecule has 2 aromatic heterocycles. The number of aryl methyl sites for hydroxylation is 1. The number of rotatable bonds is 8. The number of benzene rings is 2. The predicted octanol–water partition coefficient (Wildman–Crippen LogP) is 0.881. The van der Waals surface area contributed by atoms with E-state index in [1.54, 1.807) is 38.4 Å². The van der Waals surface area contributed by atoms with Crippen molar-refractivity contribution in [1.82, 2.24) is 19.5 Å². The zero-order valence-electron chi connectivity index (χ0n) is 21.9. The number of anilines is 2. The maximum atomic E-state index is 13.0. The molecular weight excluding hydrogens is 568 g/mol. The molecule has 200 valence electrons. The molecule has 14 heteroatoms. The van der Waals surface area contributed by atoms with Gasteiger partial charge in [-0.3, -0.25) is 0 Å². The van der Waals surface area contributed by atoms with Gasteiger partial charge in [0.05, 0.1) is 30.5 Å². The Hall–Kier alpha value is -2.07. The third-order valence-corrected chi connectivity index (χ3v) is 9.33. The number of nitrogens with one attached hydrogen (secondary N) is 1. The summed E-state index contributed by atoms with van der Waals surface area (Å²) in [6, 6.07) is 12.7. The zero-order chi connectivity index (χ0) is 26.9. The number of methoxy groups -OCH3 is 1. The number of nitrogens with zero attached hydrogens (tertiary/aromatic N) is 5. The summed E-state index contributed by atoms with van der Waals surface area (Å²) in [6.45, 7) is 0. The Morgan fingerprint density at radius 2 is 1.79 bits per heavy atom. The van der Waals surface area contributed by atoms with Gasteiger partial charge >= 0.3 is 51.4 Å². The molecule has 11 nitrogen and oxygen atoms in total. The number of sulfone groups is 1. The van der Waals surface area contributed by atoms with Crippen LogP contribution in [-0.4, -0.2) is 55.0 Å². The van der Waals surface area contributed by atoms with Crippen LogP contribution in [0.1, 0.15) is 18.4 Å². The summed E-state index contributed by atoms with van der Waals surface area (Å²) < 4.78 is 60.8. The molecule has 1 saturated heterocycles. The number of ether oxygens (including phenoxy) is 1. The fourth-order valence-corrected chi connectivity index (χ4v) is 6.90. The number of fused-ring (bicyclic) bond motifs is 1. The molecule has 0 unspecified atom stereocenters. The molecule has 2 aromatic carbocycles. The van der Waals surface area contributed by atoms with Gasteiger partial charge in [0.15, 0.2) is 5.03 Å². The van der Waals surface area contributed by atoms with E-state index in [9.17, 15) is 16.8 Å². The second-order valence-corrected chi connectivity index (χ2v) is 13.1. The van der Waals surface area contributed by atoms with Gasteiger partial charge in [-0.25, -0.2) is 26.8 Å². The average molecular weight is 595 g/mol. The number of sulfonamides is 1. The molecule has 1 N–H and O–H groups in total. The number of hydrogen-bond acceptors (Lipinski definition) is 9. The normalized spacial score (nSPS) is 15.4. The minimum atomic E-state index is -4.16. The van der Waals surface area contributed by atoms with E-state index in [4.69, 9.17) is 4.74 Å². The Morgan fingerprint density at radius 1 is 1.10 bits per heavy atom. The van der Waals surface area contributed by atoms with E-state index in [-0.39, 0.29) is 85.5 Å². The summed E-state index contributed by atoms with van der Waals surface area (Å²) in [4.78, 5) is 13.1. The monoisotopic (exact) mass is 594 g/mol. The predicted molar refractivity (Wildman–Crippen MR) is 144 cm³/mol. The summed E-state index contributed by atoms with van der Waals surface area (Å²) in [5, 5.41) is 3.04. The molecule has 0 spiro atoms. The molecule has 0 radical (unpaired) electrons. The molecule has 0 saturated carbocycles. The quantitative estimate of drug-likeness (QED) is 0.294. The van der Waals surface area contributed by atoms with Crippen LogP contribution >= 0.6 is 0 Å². The third kappa shape index (κ3) is 7.17. The van der Waals surface area contributed by atoms with Gasteiger partial charge in [0.1, 0.15) is 21.4 Å². The van der Waals surface area contributed by atoms with E-state index in [1.807, 2.05) is 18.2 Å².